The van der Waals surface area contributed by atoms with Crippen molar-refractivity contribution in [2.75, 3.05) is 26.7 Å². The highest BCUT2D eigenvalue weighted by molar-refractivity contribution is 5.74. The molecule has 1 unspecified atom stereocenters. The number of carbonyl (C=O) groups excluding carboxylic acids is 1. The molecule has 4 aliphatic rings. The quantitative estimate of drug-likeness (QED) is 0.586. The van der Waals surface area contributed by atoms with Crippen molar-refractivity contribution < 1.29 is 19.0 Å². The number of carbonyl (C=O) groups is 1. The molecule has 1 amide bonds. The molecule has 2 aromatic carbocycles. The lowest BCUT2D eigenvalue weighted by atomic mass is 9.85. The van der Waals surface area contributed by atoms with Crippen molar-refractivity contribution in [2.45, 2.75) is 65.2 Å². The number of ether oxygens (including phenoxy) is 3. The SMILES string of the molecule is COc1cc2c(cc1-c1ccc(OC(C)C)cc1)CC(C)(C)C2NC(=O)O[C@@H]1CN2CCC1CC2. The van der Waals surface area contributed by atoms with E-state index < -0.39 is 0 Å². The summed E-state index contributed by atoms with van der Waals surface area (Å²) < 4.78 is 17.6. The molecule has 3 fully saturated rings. The van der Waals surface area contributed by atoms with Gasteiger partial charge in [-0.15, -0.1) is 0 Å². The Morgan fingerprint density at radius 3 is 2.43 bits per heavy atom. The van der Waals surface area contributed by atoms with Gasteiger partial charge in [-0.25, -0.2) is 4.79 Å². The summed E-state index contributed by atoms with van der Waals surface area (Å²) in [6.07, 6.45) is 2.96. The van der Waals surface area contributed by atoms with Gasteiger partial charge in [0, 0.05) is 12.1 Å². The molecule has 3 saturated heterocycles. The van der Waals surface area contributed by atoms with Crippen molar-refractivity contribution in [3.8, 4) is 22.6 Å². The van der Waals surface area contributed by atoms with E-state index in [1.165, 1.54) is 5.56 Å². The van der Waals surface area contributed by atoms with E-state index in [1.54, 1.807) is 7.11 Å². The van der Waals surface area contributed by atoms with Crippen LogP contribution in [0.3, 0.4) is 0 Å². The summed E-state index contributed by atoms with van der Waals surface area (Å²) in [5.41, 5.74) is 4.35. The normalized spacial score (nSPS) is 26.3. The maximum atomic E-state index is 13.0. The monoisotopic (exact) mass is 478 g/mol. The molecule has 0 spiro atoms. The third kappa shape index (κ3) is 4.86. The van der Waals surface area contributed by atoms with E-state index in [2.05, 4.69) is 48.3 Å². The fraction of sp³-hybridized carbons (Fsp3) is 0.552. The Labute approximate surface area is 208 Å². The number of hydrogen-bond donors (Lipinski definition) is 1. The Kier molecular flexibility index (Phi) is 6.43. The number of methoxy groups -OCH3 is 1. The lowest BCUT2D eigenvalue weighted by Crippen LogP contribution is -2.53. The molecule has 6 heteroatoms. The molecular weight excluding hydrogens is 440 g/mol. The second-order valence-electron chi connectivity index (χ2n) is 11.3. The van der Waals surface area contributed by atoms with Crippen LogP contribution in [-0.2, 0) is 11.2 Å². The molecule has 6 rings (SSSR count). The van der Waals surface area contributed by atoms with Crippen molar-refractivity contribution in [1.29, 1.82) is 0 Å². The minimum Gasteiger partial charge on any atom is -0.496 e. The second-order valence-corrected chi connectivity index (χ2v) is 11.3. The highest BCUT2D eigenvalue weighted by Gasteiger charge is 2.42. The van der Waals surface area contributed by atoms with Gasteiger partial charge in [-0.1, -0.05) is 26.0 Å². The fourth-order valence-corrected chi connectivity index (χ4v) is 6.06. The van der Waals surface area contributed by atoms with Crippen LogP contribution in [0.2, 0.25) is 0 Å². The lowest BCUT2D eigenvalue weighted by Gasteiger charge is -2.44. The third-order valence-electron chi connectivity index (χ3n) is 7.85. The fourth-order valence-electron chi connectivity index (χ4n) is 6.06. The molecule has 1 aliphatic carbocycles. The first-order chi connectivity index (χ1) is 16.7. The van der Waals surface area contributed by atoms with E-state index in [4.69, 9.17) is 14.2 Å². The minimum atomic E-state index is -0.307. The summed E-state index contributed by atoms with van der Waals surface area (Å²) in [5, 5.41) is 3.22. The third-order valence-corrected chi connectivity index (χ3v) is 7.85. The highest BCUT2D eigenvalue weighted by atomic mass is 16.6. The highest BCUT2D eigenvalue weighted by Crippen LogP contribution is 2.48. The number of piperidine rings is 3. The summed E-state index contributed by atoms with van der Waals surface area (Å²) in [4.78, 5) is 15.4. The number of hydrogen-bond acceptors (Lipinski definition) is 5. The van der Waals surface area contributed by atoms with Crippen molar-refractivity contribution in [3.05, 3.63) is 47.5 Å². The van der Waals surface area contributed by atoms with E-state index >= 15 is 0 Å². The van der Waals surface area contributed by atoms with Crippen LogP contribution in [0.1, 0.15) is 57.7 Å². The molecule has 6 nitrogen and oxygen atoms in total. The maximum absolute atomic E-state index is 13.0. The van der Waals surface area contributed by atoms with Gasteiger partial charge < -0.3 is 19.5 Å². The first kappa shape index (κ1) is 24.0. The maximum Gasteiger partial charge on any atom is 0.407 e. The molecule has 188 valence electrons. The van der Waals surface area contributed by atoms with Gasteiger partial charge in [0.05, 0.1) is 19.3 Å². The minimum absolute atomic E-state index is 0.000967. The van der Waals surface area contributed by atoms with E-state index in [0.29, 0.717) is 5.92 Å². The van der Waals surface area contributed by atoms with Gasteiger partial charge in [-0.2, -0.15) is 0 Å². The van der Waals surface area contributed by atoms with Crippen LogP contribution in [0.25, 0.3) is 11.1 Å². The van der Waals surface area contributed by atoms with Gasteiger partial charge in [-0.3, -0.25) is 4.90 Å². The zero-order chi connectivity index (χ0) is 24.7. The molecule has 0 radical (unpaired) electrons. The van der Waals surface area contributed by atoms with Gasteiger partial charge in [0.2, 0.25) is 0 Å². The number of nitrogens with one attached hydrogen (secondary N) is 1. The topological polar surface area (TPSA) is 60.0 Å². The zero-order valence-corrected chi connectivity index (χ0v) is 21.6. The zero-order valence-electron chi connectivity index (χ0n) is 21.6. The predicted molar refractivity (Wildman–Crippen MR) is 137 cm³/mol. The van der Waals surface area contributed by atoms with Crippen LogP contribution in [0.4, 0.5) is 4.79 Å². The first-order valence-corrected chi connectivity index (χ1v) is 12.9. The van der Waals surface area contributed by atoms with Gasteiger partial charge in [0.25, 0.3) is 0 Å². The van der Waals surface area contributed by atoms with Crippen molar-refractivity contribution >= 4 is 6.09 Å². The van der Waals surface area contributed by atoms with Gasteiger partial charge in [-0.05, 0) is 98.5 Å². The molecule has 0 saturated carbocycles. The lowest BCUT2D eigenvalue weighted by molar-refractivity contribution is -0.0349. The predicted octanol–water partition coefficient (Wildman–Crippen LogP) is 5.59. The summed E-state index contributed by atoms with van der Waals surface area (Å²) >= 11 is 0. The van der Waals surface area contributed by atoms with Crippen LogP contribution in [0.5, 0.6) is 11.5 Å². The average Bonchev–Trinajstić information content (AvgIpc) is 3.07. The summed E-state index contributed by atoms with van der Waals surface area (Å²) in [5.74, 6) is 2.15. The Morgan fingerprint density at radius 2 is 1.83 bits per heavy atom. The molecule has 3 aliphatic heterocycles. The molecule has 3 heterocycles. The van der Waals surface area contributed by atoms with Crippen LogP contribution in [0.15, 0.2) is 36.4 Å². The summed E-state index contributed by atoms with van der Waals surface area (Å²) in [6, 6.07) is 12.3. The number of benzene rings is 2. The van der Waals surface area contributed by atoms with Gasteiger partial charge in [0.1, 0.15) is 17.6 Å². The average molecular weight is 479 g/mol. The number of alkyl carbamates (subject to hydrolysis) is 1. The van der Waals surface area contributed by atoms with Gasteiger partial charge in [0.15, 0.2) is 0 Å². The summed E-state index contributed by atoms with van der Waals surface area (Å²) in [7, 11) is 1.70. The van der Waals surface area contributed by atoms with Crippen molar-refractivity contribution in [3.63, 3.8) is 0 Å². The molecule has 2 aromatic rings. The van der Waals surface area contributed by atoms with Crippen molar-refractivity contribution in [2.24, 2.45) is 11.3 Å². The summed E-state index contributed by atoms with van der Waals surface area (Å²) in [6.45, 7) is 11.6. The van der Waals surface area contributed by atoms with Crippen LogP contribution in [0, 0.1) is 11.3 Å². The molecule has 1 N–H and O–H groups in total. The largest absolute Gasteiger partial charge is 0.496 e. The Hall–Kier alpha value is -2.73. The molecule has 2 atom stereocenters. The Bertz CT molecular complexity index is 1070. The first-order valence-electron chi connectivity index (χ1n) is 12.9. The standard InChI is InChI=1S/C29H38N2O4/c1-18(2)34-22-8-6-19(7-9-22)23-14-21-16-29(3,4)27(24(21)15-25(23)33-5)30-28(32)35-26-17-31-12-10-20(26)11-13-31/h6-9,14-15,18,20,26-27H,10-13,16-17H2,1-5H3,(H,30,32)/t26-,27?/m1/s1. The van der Waals surface area contributed by atoms with Gasteiger partial charge >= 0.3 is 6.09 Å². The Morgan fingerprint density at radius 1 is 1.11 bits per heavy atom. The van der Waals surface area contributed by atoms with E-state index in [1.807, 2.05) is 26.0 Å². The van der Waals surface area contributed by atoms with Crippen LogP contribution in [-0.4, -0.2) is 49.9 Å². The number of fused-ring (bicyclic) bond motifs is 4. The van der Waals surface area contributed by atoms with Crippen molar-refractivity contribution in [1.82, 2.24) is 10.2 Å². The number of amides is 1. The number of rotatable bonds is 6. The van der Waals surface area contributed by atoms with E-state index in [0.717, 1.165) is 67.1 Å². The van der Waals surface area contributed by atoms with Crippen LogP contribution < -0.4 is 14.8 Å². The van der Waals surface area contributed by atoms with Crippen LogP contribution >= 0.6 is 0 Å². The molecule has 2 bridgehead atoms. The van der Waals surface area contributed by atoms with E-state index in [-0.39, 0.29) is 29.8 Å². The smallest absolute Gasteiger partial charge is 0.407 e. The molecular formula is C29H38N2O4. The Balaban J connectivity index is 1.36. The molecule has 0 aromatic heterocycles. The number of nitrogens with zero attached hydrogens (tertiary/aromatic N) is 1. The van der Waals surface area contributed by atoms with E-state index in [9.17, 15) is 4.79 Å². The second kappa shape index (κ2) is 9.38. The molecule has 35 heavy (non-hydrogen) atoms.